The topological polar surface area (TPSA) is 55.1 Å². The molecule has 1 amide bonds. The number of amides is 1. The summed E-state index contributed by atoms with van der Waals surface area (Å²) in [6.45, 7) is 0. The fourth-order valence-corrected chi connectivity index (χ4v) is 3.03. The van der Waals surface area contributed by atoms with Gasteiger partial charge in [-0.2, -0.15) is 0 Å². The number of nitrogens with two attached hydrogens (primary N) is 1. The first-order valence-electron chi connectivity index (χ1n) is 7.44. The van der Waals surface area contributed by atoms with Crippen molar-refractivity contribution in [3.8, 4) is 0 Å². The number of carbonyl (C=O) groups is 1. The molecule has 0 atom stereocenters. The monoisotopic (exact) mass is 258 g/mol. The van der Waals surface area contributed by atoms with Gasteiger partial charge in [0.1, 0.15) is 0 Å². The lowest BCUT2D eigenvalue weighted by Gasteiger charge is -2.23. The van der Waals surface area contributed by atoms with Crippen molar-refractivity contribution in [2.45, 2.75) is 56.9 Å². The molecule has 3 N–H and O–H groups in total. The molecule has 3 heteroatoms. The van der Waals surface area contributed by atoms with E-state index in [-0.39, 0.29) is 5.91 Å². The number of benzene rings is 1. The van der Waals surface area contributed by atoms with E-state index in [2.05, 4.69) is 5.32 Å². The molecular weight excluding hydrogens is 236 g/mol. The van der Waals surface area contributed by atoms with Crippen LogP contribution in [-0.2, 0) is 0 Å². The highest BCUT2D eigenvalue weighted by Crippen LogP contribution is 2.42. The van der Waals surface area contributed by atoms with Gasteiger partial charge < -0.3 is 11.1 Å². The second kappa shape index (κ2) is 5.24. The molecule has 2 fully saturated rings. The minimum atomic E-state index is 0.0915. The molecule has 3 nitrogen and oxygen atoms in total. The van der Waals surface area contributed by atoms with E-state index >= 15 is 0 Å². The van der Waals surface area contributed by atoms with E-state index in [1.54, 1.807) is 0 Å². The quantitative estimate of drug-likeness (QED) is 0.818. The average molecular weight is 258 g/mol. The number of rotatable bonds is 3. The lowest BCUT2D eigenvalue weighted by molar-refractivity contribution is 0.0927. The zero-order chi connectivity index (χ0) is 13.2. The Labute approximate surface area is 114 Å². The van der Waals surface area contributed by atoms with Crippen LogP contribution in [0, 0.1) is 0 Å². The molecule has 0 radical (unpaired) electrons. The minimum absolute atomic E-state index is 0.0915. The zero-order valence-corrected chi connectivity index (χ0v) is 11.3. The van der Waals surface area contributed by atoms with Gasteiger partial charge in [-0.05, 0) is 55.4 Å². The van der Waals surface area contributed by atoms with Crippen molar-refractivity contribution in [2.24, 2.45) is 0 Å². The van der Waals surface area contributed by atoms with Crippen molar-refractivity contribution < 1.29 is 4.79 Å². The molecule has 0 aliphatic heterocycles. The summed E-state index contributed by atoms with van der Waals surface area (Å²) in [7, 11) is 0. The fourth-order valence-electron chi connectivity index (χ4n) is 3.03. The van der Waals surface area contributed by atoms with Crippen LogP contribution in [-0.4, -0.2) is 11.9 Å². The third-order valence-corrected chi connectivity index (χ3v) is 4.28. The van der Waals surface area contributed by atoms with E-state index in [9.17, 15) is 4.79 Å². The van der Waals surface area contributed by atoms with Crippen LogP contribution < -0.4 is 11.1 Å². The highest BCUT2D eigenvalue weighted by Gasteiger charge is 2.28. The molecule has 19 heavy (non-hydrogen) atoms. The van der Waals surface area contributed by atoms with Crippen molar-refractivity contribution in [3.05, 3.63) is 29.3 Å². The van der Waals surface area contributed by atoms with Gasteiger partial charge in [0.2, 0.25) is 0 Å². The summed E-state index contributed by atoms with van der Waals surface area (Å²) in [6.07, 6.45) is 8.41. The molecule has 1 aromatic rings. The van der Waals surface area contributed by atoms with E-state index < -0.39 is 0 Å². The molecule has 3 rings (SSSR count). The smallest absolute Gasteiger partial charge is 0.251 e. The van der Waals surface area contributed by atoms with Crippen LogP contribution in [0.15, 0.2) is 18.2 Å². The van der Waals surface area contributed by atoms with Gasteiger partial charge in [0, 0.05) is 17.3 Å². The second-order valence-electron chi connectivity index (χ2n) is 5.93. The fraction of sp³-hybridized carbons (Fsp3) is 0.562. The third kappa shape index (κ3) is 2.91. The maximum Gasteiger partial charge on any atom is 0.251 e. The van der Waals surface area contributed by atoms with Crippen LogP contribution in [0.4, 0.5) is 5.69 Å². The minimum Gasteiger partial charge on any atom is -0.399 e. The standard InChI is InChI=1S/C16H22N2O/c17-12-8-9-14(15(10-12)11-6-7-11)16(19)18-13-4-2-1-3-5-13/h8-11,13H,1-7,17H2,(H,18,19). The van der Waals surface area contributed by atoms with Crippen molar-refractivity contribution in [1.29, 1.82) is 0 Å². The van der Waals surface area contributed by atoms with Crippen LogP contribution in [0.25, 0.3) is 0 Å². The largest absolute Gasteiger partial charge is 0.399 e. The molecule has 2 aliphatic rings. The van der Waals surface area contributed by atoms with Crippen molar-refractivity contribution in [3.63, 3.8) is 0 Å². The number of carbonyl (C=O) groups excluding carboxylic acids is 1. The van der Waals surface area contributed by atoms with E-state index in [0.29, 0.717) is 12.0 Å². The van der Waals surface area contributed by atoms with Crippen LogP contribution in [0.3, 0.4) is 0 Å². The summed E-state index contributed by atoms with van der Waals surface area (Å²) >= 11 is 0. The number of nitrogen functional groups attached to an aromatic ring is 1. The molecule has 0 spiro atoms. The van der Waals surface area contributed by atoms with Crippen molar-refractivity contribution in [2.75, 3.05) is 5.73 Å². The molecule has 1 aromatic carbocycles. The van der Waals surface area contributed by atoms with Crippen LogP contribution in [0.1, 0.15) is 66.8 Å². The van der Waals surface area contributed by atoms with Crippen molar-refractivity contribution >= 4 is 11.6 Å². The molecule has 0 aromatic heterocycles. The lowest BCUT2D eigenvalue weighted by atomic mass is 9.94. The normalized spacial score (nSPS) is 20.2. The molecule has 0 heterocycles. The summed E-state index contributed by atoms with van der Waals surface area (Å²) in [5.74, 6) is 0.643. The SMILES string of the molecule is Nc1ccc(C(=O)NC2CCCCC2)c(C2CC2)c1. The lowest BCUT2D eigenvalue weighted by Crippen LogP contribution is -2.36. The Morgan fingerprint density at radius 3 is 2.53 bits per heavy atom. The highest BCUT2D eigenvalue weighted by atomic mass is 16.1. The number of hydrogen-bond acceptors (Lipinski definition) is 2. The Hall–Kier alpha value is -1.51. The Balaban J connectivity index is 1.75. The predicted molar refractivity (Wildman–Crippen MR) is 77.2 cm³/mol. The maximum atomic E-state index is 12.4. The van der Waals surface area contributed by atoms with E-state index in [0.717, 1.165) is 29.7 Å². The Kier molecular flexibility index (Phi) is 3.45. The molecule has 0 unspecified atom stereocenters. The molecular formula is C16H22N2O. The number of hydrogen-bond donors (Lipinski definition) is 2. The van der Waals surface area contributed by atoms with Gasteiger partial charge in [0.15, 0.2) is 0 Å². The maximum absolute atomic E-state index is 12.4. The van der Waals surface area contributed by atoms with E-state index in [1.165, 1.54) is 32.1 Å². The number of nitrogens with one attached hydrogen (secondary N) is 1. The first-order valence-corrected chi connectivity index (χ1v) is 7.44. The molecule has 2 aliphatic carbocycles. The molecule has 2 saturated carbocycles. The van der Waals surface area contributed by atoms with E-state index in [1.807, 2.05) is 18.2 Å². The Morgan fingerprint density at radius 2 is 1.84 bits per heavy atom. The van der Waals surface area contributed by atoms with Gasteiger partial charge in [-0.15, -0.1) is 0 Å². The first-order chi connectivity index (χ1) is 9.24. The van der Waals surface area contributed by atoms with Crippen LogP contribution in [0.5, 0.6) is 0 Å². The Bertz CT molecular complexity index is 474. The predicted octanol–water partition coefficient (Wildman–Crippen LogP) is 3.21. The second-order valence-corrected chi connectivity index (χ2v) is 5.93. The highest BCUT2D eigenvalue weighted by molar-refractivity contribution is 5.96. The van der Waals surface area contributed by atoms with Gasteiger partial charge in [-0.3, -0.25) is 4.79 Å². The van der Waals surface area contributed by atoms with Crippen LogP contribution >= 0.6 is 0 Å². The Morgan fingerprint density at radius 1 is 1.11 bits per heavy atom. The zero-order valence-electron chi connectivity index (χ0n) is 11.3. The first kappa shape index (κ1) is 12.5. The third-order valence-electron chi connectivity index (χ3n) is 4.28. The summed E-state index contributed by atoms with van der Waals surface area (Å²) in [5.41, 5.74) is 8.59. The summed E-state index contributed by atoms with van der Waals surface area (Å²) in [4.78, 5) is 12.4. The van der Waals surface area contributed by atoms with Gasteiger partial charge in [-0.25, -0.2) is 0 Å². The number of anilines is 1. The molecule has 102 valence electrons. The molecule has 0 saturated heterocycles. The van der Waals surface area contributed by atoms with Gasteiger partial charge in [0.25, 0.3) is 5.91 Å². The molecule has 0 bridgehead atoms. The van der Waals surface area contributed by atoms with Gasteiger partial charge in [-0.1, -0.05) is 19.3 Å². The average Bonchev–Trinajstić information content (AvgIpc) is 3.24. The summed E-state index contributed by atoms with van der Waals surface area (Å²) < 4.78 is 0. The van der Waals surface area contributed by atoms with Gasteiger partial charge >= 0.3 is 0 Å². The van der Waals surface area contributed by atoms with Crippen LogP contribution in [0.2, 0.25) is 0 Å². The summed E-state index contributed by atoms with van der Waals surface area (Å²) in [6, 6.07) is 6.07. The van der Waals surface area contributed by atoms with Gasteiger partial charge in [0.05, 0.1) is 0 Å². The van der Waals surface area contributed by atoms with Crippen molar-refractivity contribution in [1.82, 2.24) is 5.32 Å². The summed E-state index contributed by atoms with van der Waals surface area (Å²) in [5, 5.41) is 3.20. The van der Waals surface area contributed by atoms with E-state index in [4.69, 9.17) is 5.73 Å².